The Kier molecular flexibility index (Phi) is 6.66. The summed E-state index contributed by atoms with van der Waals surface area (Å²) in [5.74, 6) is -1.09. The summed E-state index contributed by atoms with van der Waals surface area (Å²) in [6.07, 6.45) is 1.99. The number of non-ortho nitro benzene ring substituents is 1. The molecule has 1 saturated heterocycles. The van der Waals surface area contributed by atoms with Crippen LogP contribution in [0.1, 0.15) is 34.3 Å². The van der Waals surface area contributed by atoms with E-state index in [4.69, 9.17) is 4.74 Å². The highest BCUT2D eigenvalue weighted by Crippen LogP contribution is 2.29. The Bertz CT molecular complexity index is 954. The number of carbonyl (C=O) groups excluding carboxylic acids is 2. The maximum atomic E-state index is 12.7. The largest absolute Gasteiger partial charge is 0.452 e. The van der Waals surface area contributed by atoms with Crippen molar-refractivity contribution >= 4 is 23.3 Å². The average molecular weight is 411 g/mol. The number of nitro groups is 1. The molecule has 0 spiro atoms. The number of benzene rings is 2. The van der Waals surface area contributed by atoms with Gasteiger partial charge in [-0.15, -0.1) is 0 Å². The Morgan fingerprint density at radius 1 is 1.17 bits per heavy atom. The van der Waals surface area contributed by atoms with Gasteiger partial charge >= 0.3 is 5.97 Å². The number of esters is 1. The number of ether oxygens (including phenoxy) is 1. The molecule has 0 saturated carbocycles. The normalized spacial score (nSPS) is 13.2. The molecule has 1 amide bonds. The van der Waals surface area contributed by atoms with Crippen LogP contribution in [-0.4, -0.2) is 48.4 Å². The Hall–Kier alpha value is -3.42. The molecule has 0 unspecified atom stereocenters. The Morgan fingerprint density at radius 2 is 1.87 bits per heavy atom. The zero-order valence-electron chi connectivity index (χ0n) is 17.2. The molecule has 8 nitrogen and oxygen atoms in total. The van der Waals surface area contributed by atoms with Crippen molar-refractivity contribution in [3.05, 3.63) is 69.3 Å². The number of carbonyl (C=O) groups is 2. The van der Waals surface area contributed by atoms with Gasteiger partial charge in [0.2, 0.25) is 0 Å². The van der Waals surface area contributed by atoms with E-state index in [1.807, 2.05) is 36.1 Å². The van der Waals surface area contributed by atoms with Crippen LogP contribution in [0.4, 0.5) is 11.4 Å². The van der Waals surface area contributed by atoms with Crippen molar-refractivity contribution in [1.29, 1.82) is 0 Å². The van der Waals surface area contributed by atoms with Gasteiger partial charge in [0.15, 0.2) is 6.61 Å². The zero-order valence-corrected chi connectivity index (χ0v) is 17.2. The summed E-state index contributed by atoms with van der Waals surface area (Å²) in [5, 5.41) is 11.1. The molecular weight excluding hydrogens is 386 g/mol. The number of rotatable bonds is 7. The predicted octanol–water partition coefficient (Wildman–Crippen LogP) is 3.32. The fourth-order valence-electron chi connectivity index (χ4n) is 3.48. The van der Waals surface area contributed by atoms with E-state index in [0.29, 0.717) is 12.2 Å². The summed E-state index contributed by atoms with van der Waals surface area (Å²) in [5.41, 5.74) is 2.60. The number of hydrogen-bond donors (Lipinski definition) is 0. The van der Waals surface area contributed by atoms with Crippen LogP contribution in [0, 0.1) is 17.0 Å². The Morgan fingerprint density at radius 3 is 2.53 bits per heavy atom. The van der Waals surface area contributed by atoms with Crippen molar-refractivity contribution < 1.29 is 19.2 Å². The molecule has 158 valence electrons. The predicted molar refractivity (Wildman–Crippen MR) is 112 cm³/mol. The van der Waals surface area contributed by atoms with Crippen LogP contribution in [0.25, 0.3) is 0 Å². The number of likely N-dealkylation sites (N-methyl/N-ethyl adjacent to an activating group) is 1. The Balaban J connectivity index is 1.69. The first-order valence-electron chi connectivity index (χ1n) is 9.86. The summed E-state index contributed by atoms with van der Waals surface area (Å²) in [6.45, 7) is 3.49. The molecule has 0 N–H and O–H groups in total. The number of hydrogen-bond acceptors (Lipinski definition) is 6. The number of amides is 1. The molecular formula is C22H25N3O5. The third-order valence-electron chi connectivity index (χ3n) is 5.28. The van der Waals surface area contributed by atoms with Crippen LogP contribution in [-0.2, 0) is 16.1 Å². The molecule has 8 heteroatoms. The molecule has 0 bridgehead atoms. The van der Waals surface area contributed by atoms with E-state index in [9.17, 15) is 19.7 Å². The van der Waals surface area contributed by atoms with Gasteiger partial charge in [-0.3, -0.25) is 14.9 Å². The van der Waals surface area contributed by atoms with Crippen LogP contribution >= 0.6 is 0 Å². The molecule has 1 fully saturated rings. The molecule has 0 aliphatic carbocycles. The van der Waals surface area contributed by atoms with Crippen molar-refractivity contribution in [2.75, 3.05) is 31.6 Å². The average Bonchev–Trinajstić information content (AvgIpc) is 3.27. The van der Waals surface area contributed by atoms with Crippen LogP contribution in [0.2, 0.25) is 0 Å². The van der Waals surface area contributed by atoms with Gasteiger partial charge in [0, 0.05) is 38.8 Å². The minimum atomic E-state index is -0.738. The van der Waals surface area contributed by atoms with Gasteiger partial charge in [0.1, 0.15) is 0 Å². The van der Waals surface area contributed by atoms with Crippen LogP contribution in [0.3, 0.4) is 0 Å². The molecule has 1 aliphatic rings. The fourth-order valence-corrected chi connectivity index (χ4v) is 3.48. The lowest BCUT2D eigenvalue weighted by molar-refractivity contribution is -0.384. The van der Waals surface area contributed by atoms with E-state index in [2.05, 4.69) is 0 Å². The monoisotopic (exact) mass is 411 g/mol. The van der Waals surface area contributed by atoms with E-state index in [1.54, 1.807) is 13.1 Å². The molecule has 2 aromatic carbocycles. The van der Waals surface area contributed by atoms with Crippen LogP contribution < -0.4 is 4.90 Å². The van der Waals surface area contributed by atoms with E-state index in [0.717, 1.165) is 37.1 Å². The van der Waals surface area contributed by atoms with Crippen LogP contribution in [0.5, 0.6) is 0 Å². The summed E-state index contributed by atoms with van der Waals surface area (Å²) in [7, 11) is 1.64. The highest BCUT2D eigenvalue weighted by molar-refractivity contribution is 5.97. The van der Waals surface area contributed by atoms with Gasteiger partial charge in [-0.25, -0.2) is 4.79 Å². The number of aryl methyl sites for hydroxylation is 1. The first-order valence-corrected chi connectivity index (χ1v) is 9.86. The smallest absolute Gasteiger partial charge is 0.341 e. The summed E-state index contributed by atoms with van der Waals surface area (Å²) in [6, 6.07) is 11.9. The van der Waals surface area contributed by atoms with Crippen LogP contribution in [0.15, 0.2) is 42.5 Å². The van der Waals surface area contributed by atoms with Crippen molar-refractivity contribution in [3.8, 4) is 0 Å². The molecule has 1 heterocycles. The first-order chi connectivity index (χ1) is 14.4. The highest BCUT2D eigenvalue weighted by Gasteiger charge is 2.24. The van der Waals surface area contributed by atoms with E-state index >= 15 is 0 Å². The molecule has 30 heavy (non-hydrogen) atoms. The second-order valence-corrected chi connectivity index (χ2v) is 7.41. The summed E-state index contributed by atoms with van der Waals surface area (Å²) < 4.78 is 5.23. The number of nitro benzene ring substituents is 1. The van der Waals surface area contributed by atoms with E-state index in [-0.39, 0.29) is 17.2 Å². The minimum Gasteiger partial charge on any atom is -0.452 e. The summed E-state index contributed by atoms with van der Waals surface area (Å²) >= 11 is 0. The SMILES string of the molecule is Cc1ccccc1CN(C)C(=O)COC(=O)c1cc([N+](=O)[O-])ccc1N1CCCC1. The molecule has 3 rings (SSSR count). The second-order valence-electron chi connectivity index (χ2n) is 7.41. The summed E-state index contributed by atoms with van der Waals surface area (Å²) in [4.78, 5) is 39.2. The highest BCUT2D eigenvalue weighted by atomic mass is 16.6. The molecule has 0 aromatic heterocycles. The molecule has 1 aliphatic heterocycles. The van der Waals surface area contributed by atoms with Gasteiger partial charge in [-0.05, 0) is 37.0 Å². The van der Waals surface area contributed by atoms with E-state index < -0.39 is 17.5 Å². The molecule has 0 radical (unpaired) electrons. The maximum absolute atomic E-state index is 12.7. The van der Waals surface area contributed by atoms with Gasteiger partial charge in [-0.1, -0.05) is 24.3 Å². The lowest BCUT2D eigenvalue weighted by Crippen LogP contribution is -2.31. The lowest BCUT2D eigenvalue weighted by atomic mass is 10.1. The Labute approximate surface area is 175 Å². The van der Waals surface area contributed by atoms with Crippen molar-refractivity contribution in [1.82, 2.24) is 4.90 Å². The lowest BCUT2D eigenvalue weighted by Gasteiger charge is -2.21. The second kappa shape index (κ2) is 9.39. The molecule has 2 aromatic rings. The first kappa shape index (κ1) is 21.3. The standard InChI is InChI=1S/C22H25N3O5/c1-16-7-3-4-8-17(16)14-23(2)21(26)15-30-22(27)19-13-18(25(28)29)9-10-20(19)24-11-5-6-12-24/h3-4,7-10,13H,5-6,11-12,14-15H2,1-2H3. The van der Waals surface area contributed by atoms with Gasteiger partial charge < -0.3 is 14.5 Å². The number of nitrogens with zero attached hydrogens (tertiary/aromatic N) is 3. The van der Waals surface area contributed by atoms with Crippen molar-refractivity contribution in [2.24, 2.45) is 0 Å². The van der Waals surface area contributed by atoms with Gasteiger partial charge in [0.25, 0.3) is 11.6 Å². The number of anilines is 1. The van der Waals surface area contributed by atoms with Crippen molar-refractivity contribution in [3.63, 3.8) is 0 Å². The third kappa shape index (κ3) is 4.94. The van der Waals surface area contributed by atoms with E-state index in [1.165, 1.54) is 17.0 Å². The third-order valence-corrected chi connectivity index (χ3v) is 5.28. The quantitative estimate of drug-likeness (QED) is 0.394. The van der Waals surface area contributed by atoms with Gasteiger partial charge in [-0.2, -0.15) is 0 Å². The topological polar surface area (TPSA) is 93.0 Å². The zero-order chi connectivity index (χ0) is 21.7. The van der Waals surface area contributed by atoms with Gasteiger partial charge in [0.05, 0.1) is 16.2 Å². The minimum absolute atomic E-state index is 0.112. The molecule has 0 atom stereocenters. The van der Waals surface area contributed by atoms with Crippen molar-refractivity contribution in [2.45, 2.75) is 26.3 Å². The fraction of sp³-hybridized carbons (Fsp3) is 0.364. The maximum Gasteiger partial charge on any atom is 0.341 e.